The Bertz CT molecular complexity index is 1740. The van der Waals surface area contributed by atoms with Gasteiger partial charge < -0.3 is 14.2 Å². The van der Waals surface area contributed by atoms with Crippen molar-refractivity contribution < 1.29 is 17.7 Å². The van der Waals surface area contributed by atoms with Gasteiger partial charge in [-0.25, -0.2) is 18.9 Å². The van der Waals surface area contributed by atoms with Gasteiger partial charge in [-0.1, -0.05) is 0 Å². The Hall–Kier alpha value is -2.62. The minimum Gasteiger partial charge on any atom is -0.598 e. The van der Waals surface area contributed by atoms with Crippen LogP contribution in [0.15, 0.2) is 30.6 Å². The van der Waals surface area contributed by atoms with E-state index in [0.29, 0.717) is 29.3 Å². The number of piperidine rings is 1. The van der Waals surface area contributed by atoms with Crippen LogP contribution in [-0.4, -0.2) is 79.6 Å². The van der Waals surface area contributed by atoms with Crippen LogP contribution in [0, 0.1) is 5.41 Å². The monoisotopic (exact) mass is 670 g/mol. The van der Waals surface area contributed by atoms with Crippen LogP contribution in [0.1, 0.15) is 73.9 Å². The fraction of sp³-hybridized carbons (Fsp3) is 0.625. The van der Waals surface area contributed by atoms with Gasteiger partial charge in [-0.05, 0) is 86.4 Å². The van der Waals surface area contributed by atoms with Crippen molar-refractivity contribution in [1.82, 2.24) is 34.3 Å². The first-order chi connectivity index (χ1) is 21.7. The molecule has 2 fully saturated rings. The van der Waals surface area contributed by atoms with E-state index >= 15 is 0 Å². The van der Waals surface area contributed by atoms with Crippen LogP contribution >= 0.6 is 0 Å². The zero-order valence-corrected chi connectivity index (χ0v) is 29.7. The first-order valence-corrected chi connectivity index (χ1v) is 18.2. The average Bonchev–Trinajstić information content (AvgIpc) is 3.70. The molecule has 2 aliphatic rings. The number of nitrogens with one attached hydrogen (secondary N) is 1. The predicted octanol–water partition coefficient (Wildman–Crippen LogP) is 4.59. The second-order valence-corrected chi connectivity index (χ2v) is 18.3. The Morgan fingerprint density at radius 1 is 1.13 bits per heavy atom. The van der Waals surface area contributed by atoms with Crippen molar-refractivity contribution in [3.8, 4) is 5.69 Å². The maximum Gasteiger partial charge on any atom is 0.182 e. The van der Waals surface area contributed by atoms with Gasteiger partial charge in [-0.2, -0.15) is 10.2 Å². The normalized spacial score (nSPS) is 21.9. The number of hydrogen-bond acceptors (Lipinski definition) is 10. The zero-order chi connectivity index (χ0) is 33.0. The third-order valence-electron chi connectivity index (χ3n) is 9.04. The fourth-order valence-electron chi connectivity index (χ4n) is 6.25. The lowest BCUT2D eigenvalue weighted by atomic mass is 9.73. The van der Waals surface area contributed by atoms with Crippen LogP contribution in [0.3, 0.4) is 0 Å². The number of fused-ring (bicyclic) bond motifs is 2. The molecule has 1 spiro atoms. The molecule has 6 rings (SSSR count). The lowest BCUT2D eigenvalue weighted by Crippen LogP contribution is -2.56. The van der Waals surface area contributed by atoms with Gasteiger partial charge in [0.05, 0.1) is 47.1 Å². The topological polar surface area (TPSA) is 135 Å². The summed E-state index contributed by atoms with van der Waals surface area (Å²) in [5.74, 6) is 0.710. The molecule has 4 aromatic rings. The smallest absolute Gasteiger partial charge is 0.182 e. The molecule has 0 bridgehead atoms. The minimum atomic E-state index is -1.53. The molecular formula is C32H46N8O4S2. The molecule has 0 amide bonds. The number of hydrogen-bond donors (Lipinski definition) is 1. The highest BCUT2D eigenvalue weighted by Crippen LogP contribution is 2.44. The molecule has 2 unspecified atom stereocenters. The Kier molecular flexibility index (Phi) is 9.00. The molecule has 0 saturated carbocycles. The summed E-state index contributed by atoms with van der Waals surface area (Å²) >= 11 is -2.73. The number of aryl methyl sites for hydroxylation is 1. The van der Waals surface area contributed by atoms with E-state index in [2.05, 4.69) is 39.7 Å². The highest BCUT2D eigenvalue weighted by Gasteiger charge is 2.52. The van der Waals surface area contributed by atoms with Gasteiger partial charge in [0.25, 0.3) is 0 Å². The Balaban J connectivity index is 1.32. The summed E-state index contributed by atoms with van der Waals surface area (Å²) in [5, 5.41) is 10.2. The lowest BCUT2D eigenvalue weighted by molar-refractivity contribution is 0.0973. The van der Waals surface area contributed by atoms with E-state index in [1.165, 1.54) is 0 Å². The quantitative estimate of drug-likeness (QED) is 0.265. The molecule has 3 aromatic heterocycles. The first-order valence-electron chi connectivity index (χ1n) is 16.0. The molecule has 2 saturated heterocycles. The maximum absolute atomic E-state index is 13.1. The van der Waals surface area contributed by atoms with Crippen LogP contribution < -0.4 is 9.62 Å². The number of rotatable bonds is 8. The average molecular weight is 671 g/mol. The summed E-state index contributed by atoms with van der Waals surface area (Å²) in [6.45, 7) is 18.6. The Labute approximate surface area is 276 Å². The molecule has 1 N–H and O–H groups in total. The standard InChI is InChI=1S/C32H46N8O4S2/c1-9-39-26-16-23(11-10-22(26)17-33-39)40-29-24(18-34-40)35-28(25(36-29)19-44-46(42)31(6,7)8)38-14-12-32(13-15-38)20-43-21(2)27(32)37-45(41)30(3,4)5/h10-11,16-18,21,27,37H,9,12-15,19-20H2,1-8H3/t21-,27+,45?,46?/m0/s1. The molecule has 46 heavy (non-hydrogen) atoms. The van der Waals surface area contributed by atoms with Crippen LogP contribution in [0.2, 0.25) is 0 Å². The Morgan fingerprint density at radius 2 is 1.87 bits per heavy atom. The van der Waals surface area contributed by atoms with E-state index in [1.807, 2.05) is 64.6 Å². The number of aromatic nitrogens is 6. The van der Waals surface area contributed by atoms with E-state index in [-0.39, 0.29) is 28.9 Å². The summed E-state index contributed by atoms with van der Waals surface area (Å²) in [6.07, 6.45) is 5.25. The van der Waals surface area contributed by atoms with E-state index in [0.717, 1.165) is 49.1 Å². The maximum atomic E-state index is 13.1. The molecule has 12 nitrogen and oxygen atoms in total. The van der Waals surface area contributed by atoms with Crippen molar-refractivity contribution in [2.24, 2.45) is 5.41 Å². The van der Waals surface area contributed by atoms with Gasteiger partial charge in [0.15, 0.2) is 22.5 Å². The van der Waals surface area contributed by atoms with Crippen LogP contribution in [-0.2, 0) is 44.5 Å². The van der Waals surface area contributed by atoms with Gasteiger partial charge in [-0.3, -0.25) is 8.86 Å². The van der Waals surface area contributed by atoms with Gasteiger partial charge in [0, 0.05) is 41.8 Å². The minimum absolute atomic E-state index is 0.0140. The molecule has 14 heteroatoms. The van der Waals surface area contributed by atoms with Crippen molar-refractivity contribution in [2.75, 3.05) is 24.6 Å². The molecule has 5 heterocycles. The molecule has 1 aromatic carbocycles. The fourth-order valence-corrected chi connectivity index (χ4v) is 7.85. The summed E-state index contributed by atoms with van der Waals surface area (Å²) in [5.41, 5.74) is 3.62. The number of ether oxygens (including phenoxy) is 1. The molecule has 250 valence electrons. The van der Waals surface area contributed by atoms with E-state index in [9.17, 15) is 8.76 Å². The molecule has 2 aliphatic heterocycles. The summed E-state index contributed by atoms with van der Waals surface area (Å²) < 4.78 is 44.4. The van der Waals surface area contributed by atoms with Crippen molar-refractivity contribution in [3.05, 3.63) is 36.3 Å². The number of benzene rings is 1. The van der Waals surface area contributed by atoms with E-state index in [1.54, 1.807) is 10.9 Å². The van der Waals surface area contributed by atoms with Crippen molar-refractivity contribution >= 4 is 50.3 Å². The highest BCUT2D eigenvalue weighted by molar-refractivity contribution is 7.90. The van der Waals surface area contributed by atoms with Crippen molar-refractivity contribution in [2.45, 2.75) is 103 Å². The number of anilines is 1. The van der Waals surface area contributed by atoms with Crippen molar-refractivity contribution in [3.63, 3.8) is 0 Å². The van der Waals surface area contributed by atoms with Gasteiger partial charge >= 0.3 is 0 Å². The van der Waals surface area contributed by atoms with E-state index in [4.69, 9.17) is 18.9 Å². The zero-order valence-electron chi connectivity index (χ0n) is 28.1. The summed E-state index contributed by atoms with van der Waals surface area (Å²) in [7, 11) is 0. The van der Waals surface area contributed by atoms with Crippen LogP contribution in [0.4, 0.5) is 5.82 Å². The number of nitrogens with zero attached hydrogens (tertiary/aromatic N) is 7. The SMILES string of the molecule is CCn1ncc2ccc(-n3ncc4nc(N5CCC6(CC5)CO[C@@H](C)[C@H]6N[S+]([O-])C(C)(C)C)c(COS(=O)C(C)(C)C)nc43)cc21. The molecule has 0 radical (unpaired) electrons. The summed E-state index contributed by atoms with van der Waals surface area (Å²) in [4.78, 5) is 12.4. The summed E-state index contributed by atoms with van der Waals surface area (Å²) in [6, 6.07) is 6.08. The lowest BCUT2D eigenvalue weighted by Gasteiger charge is -2.43. The molecule has 4 atom stereocenters. The second-order valence-electron chi connectivity index (χ2n) is 14.4. The predicted molar refractivity (Wildman–Crippen MR) is 182 cm³/mol. The van der Waals surface area contributed by atoms with Gasteiger partial charge in [-0.15, -0.1) is 4.72 Å². The molecule has 0 aliphatic carbocycles. The third-order valence-corrected chi connectivity index (χ3v) is 11.9. The first kappa shape index (κ1) is 33.3. The van der Waals surface area contributed by atoms with E-state index < -0.39 is 27.2 Å². The third kappa shape index (κ3) is 6.31. The van der Waals surface area contributed by atoms with Gasteiger partial charge in [0.1, 0.15) is 22.6 Å². The van der Waals surface area contributed by atoms with Crippen LogP contribution in [0.25, 0.3) is 27.8 Å². The van der Waals surface area contributed by atoms with Crippen LogP contribution in [0.5, 0.6) is 0 Å². The van der Waals surface area contributed by atoms with Gasteiger partial charge in [0.2, 0.25) is 0 Å². The highest BCUT2D eigenvalue weighted by atomic mass is 32.2. The largest absolute Gasteiger partial charge is 0.598 e. The molecular weight excluding hydrogens is 625 g/mol. The van der Waals surface area contributed by atoms with Crippen molar-refractivity contribution in [1.29, 1.82) is 0 Å². The second kappa shape index (κ2) is 12.4. The Morgan fingerprint density at radius 3 is 2.54 bits per heavy atom.